The van der Waals surface area contributed by atoms with Gasteiger partial charge in [-0.1, -0.05) is 26.0 Å². The first-order valence-electron chi connectivity index (χ1n) is 7.54. The third kappa shape index (κ3) is 9.52. The molecule has 6 heteroatoms. The van der Waals surface area contributed by atoms with Crippen molar-refractivity contribution in [1.82, 2.24) is 4.90 Å². The molecule has 1 aromatic rings. The fraction of sp³-hybridized carbons (Fsp3) is 0.529. The molecule has 0 fully saturated rings. The van der Waals surface area contributed by atoms with Crippen LogP contribution >= 0.6 is 0 Å². The Hall–Kier alpha value is -2.08. The van der Waals surface area contributed by atoms with Gasteiger partial charge >= 0.3 is 11.9 Å². The summed E-state index contributed by atoms with van der Waals surface area (Å²) in [6.07, 6.45) is 0.304. The third-order valence-corrected chi connectivity index (χ3v) is 3.38. The molecule has 0 saturated heterocycles. The molecule has 0 aromatic heterocycles. The van der Waals surface area contributed by atoms with Gasteiger partial charge in [-0.05, 0) is 50.0 Å². The molecule has 0 heterocycles. The van der Waals surface area contributed by atoms with Gasteiger partial charge in [0.25, 0.3) is 0 Å². The number of hydrogen-bond acceptors (Lipinski definition) is 4. The number of rotatable bonds is 7. The molecule has 0 bridgehead atoms. The van der Waals surface area contributed by atoms with Gasteiger partial charge in [-0.3, -0.25) is 9.59 Å². The molecule has 0 aliphatic rings. The Morgan fingerprint density at radius 2 is 1.74 bits per heavy atom. The molecule has 2 atom stereocenters. The molecule has 0 amide bonds. The van der Waals surface area contributed by atoms with Gasteiger partial charge in [0.15, 0.2) is 0 Å². The molecule has 0 spiro atoms. The predicted octanol–water partition coefficient (Wildman–Crippen LogP) is 2.63. The van der Waals surface area contributed by atoms with Crippen molar-refractivity contribution < 1.29 is 24.9 Å². The highest BCUT2D eigenvalue weighted by molar-refractivity contribution is 5.88. The number of phenolic OH excluding ortho intramolecular Hbond substituents is 1. The smallest absolute Gasteiger partial charge is 0.314 e. The van der Waals surface area contributed by atoms with Crippen LogP contribution in [0.25, 0.3) is 0 Å². The van der Waals surface area contributed by atoms with Crippen LogP contribution in [0, 0.1) is 5.92 Å². The maximum Gasteiger partial charge on any atom is 0.314 e. The Morgan fingerprint density at radius 1 is 1.17 bits per heavy atom. The molecule has 6 nitrogen and oxygen atoms in total. The van der Waals surface area contributed by atoms with Gasteiger partial charge < -0.3 is 20.2 Å². The van der Waals surface area contributed by atoms with Crippen LogP contribution in [0.4, 0.5) is 0 Å². The molecule has 0 saturated carbocycles. The van der Waals surface area contributed by atoms with Gasteiger partial charge in [0, 0.05) is 6.54 Å². The van der Waals surface area contributed by atoms with Crippen LogP contribution < -0.4 is 0 Å². The predicted molar refractivity (Wildman–Crippen MR) is 88.7 cm³/mol. The molecule has 130 valence electrons. The van der Waals surface area contributed by atoms with Gasteiger partial charge in [-0.15, -0.1) is 0 Å². The van der Waals surface area contributed by atoms with Crippen LogP contribution in [0.2, 0.25) is 0 Å². The van der Waals surface area contributed by atoms with E-state index in [0.29, 0.717) is 17.6 Å². The molecule has 3 N–H and O–H groups in total. The van der Waals surface area contributed by atoms with Crippen molar-refractivity contribution in [3.8, 4) is 5.75 Å². The summed E-state index contributed by atoms with van der Waals surface area (Å²) in [4.78, 5) is 21.1. The highest BCUT2D eigenvalue weighted by Gasteiger charge is 2.18. The monoisotopic (exact) mass is 325 g/mol. The lowest BCUT2D eigenvalue weighted by Crippen LogP contribution is -2.24. The second kappa shape index (κ2) is 10.6. The molecule has 1 aromatic carbocycles. The Balaban J connectivity index is 0.000000585. The van der Waals surface area contributed by atoms with Crippen molar-refractivity contribution in [2.45, 2.75) is 32.6 Å². The van der Waals surface area contributed by atoms with Gasteiger partial charge in [-0.2, -0.15) is 0 Å². The van der Waals surface area contributed by atoms with E-state index in [-0.39, 0.29) is 0 Å². The standard InChI is InChI=1S/C14H23NO.C3H4O4/c1-5-14(11(2)10-15(3)4)12-7-6-8-13(16)9-12;4-2(5)1-3(6)7/h6-9,11,14,16H,5,10H2,1-4H3;1H2,(H,4,5)(H,6,7)/t11-,14+;/m0./s1. The molecule has 1 rings (SSSR count). The van der Waals surface area contributed by atoms with Crippen LogP contribution in [0.3, 0.4) is 0 Å². The maximum atomic E-state index is 9.51. The van der Waals surface area contributed by atoms with Crippen LogP contribution in [0.5, 0.6) is 5.75 Å². The number of carbonyl (C=O) groups is 2. The molecular formula is C17H27NO5. The number of carboxylic acid groups (broad SMARTS) is 2. The molecule has 0 aliphatic heterocycles. The first-order valence-corrected chi connectivity index (χ1v) is 7.54. The first-order chi connectivity index (χ1) is 10.7. The third-order valence-electron chi connectivity index (χ3n) is 3.38. The number of aliphatic carboxylic acids is 2. The average molecular weight is 325 g/mol. The van der Waals surface area contributed by atoms with E-state index in [9.17, 15) is 14.7 Å². The van der Waals surface area contributed by atoms with Gasteiger partial charge in [0.05, 0.1) is 0 Å². The number of carboxylic acids is 2. The summed E-state index contributed by atoms with van der Waals surface area (Å²) in [6.45, 7) is 5.56. The molecule has 0 radical (unpaired) electrons. The lowest BCUT2D eigenvalue weighted by atomic mass is 9.85. The fourth-order valence-electron chi connectivity index (χ4n) is 2.55. The summed E-state index contributed by atoms with van der Waals surface area (Å²) in [5.41, 5.74) is 1.25. The van der Waals surface area contributed by atoms with E-state index < -0.39 is 18.4 Å². The SMILES string of the molecule is CC[C@@H](c1cccc(O)c1)[C@@H](C)CN(C)C.O=C(O)CC(=O)O. The summed E-state index contributed by atoms with van der Waals surface area (Å²) in [5.74, 6) is -1.13. The number of benzene rings is 1. The van der Waals surface area contributed by atoms with Gasteiger partial charge in [0.2, 0.25) is 0 Å². The van der Waals surface area contributed by atoms with Crippen molar-refractivity contribution in [3.05, 3.63) is 29.8 Å². The summed E-state index contributed by atoms with van der Waals surface area (Å²) in [7, 11) is 4.21. The Bertz CT molecular complexity index is 490. The van der Waals surface area contributed by atoms with E-state index in [4.69, 9.17) is 10.2 Å². The summed E-state index contributed by atoms with van der Waals surface area (Å²) >= 11 is 0. The summed E-state index contributed by atoms with van der Waals surface area (Å²) in [5, 5.41) is 24.9. The number of hydrogen-bond donors (Lipinski definition) is 3. The lowest BCUT2D eigenvalue weighted by Gasteiger charge is -2.26. The van der Waals surface area contributed by atoms with Crippen LogP contribution in [0.1, 0.15) is 38.2 Å². The molecule has 0 unspecified atom stereocenters. The minimum Gasteiger partial charge on any atom is -0.508 e. The normalized spacial score (nSPS) is 12.9. The van der Waals surface area contributed by atoms with Crippen molar-refractivity contribution in [1.29, 1.82) is 0 Å². The van der Waals surface area contributed by atoms with E-state index in [2.05, 4.69) is 38.9 Å². The minimum atomic E-state index is -1.31. The zero-order chi connectivity index (χ0) is 18.0. The zero-order valence-electron chi connectivity index (χ0n) is 14.2. The van der Waals surface area contributed by atoms with Crippen molar-refractivity contribution in [2.24, 2.45) is 5.92 Å². The van der Waals surface area contributed by atoms with E-state index in [1.807, 2.05) is 12.1 Å². The van der Waals surface area contributed by atoms with Crippen LogP contribution in [-0.2, 0) is 9.59 Å². The minimum absolute atomic E-state index is 0.369. The Morgan fingerprint density at radius 3 is 2.09 bits per heavy atom. The van der Waals surface area contributed by atoms with Gasteiger partial charge in [-0.25, -0.2) is 0 Å². The van der Waals surface area contributed by atoms with Crippen molar-refractivity contribution in [2.75, 3.05) is 20.6 Å². The number of aromatic hydroxyl groups is 1. The summed E-state index contributed by atoms with van der Waals surface area (Å²) < 4.78 is 0. The van der Waals surface area contributed by atoms with Crippen LogP contribution in [-0.4, -0.2) is 52.8 Å². The van der Waals surface area contributed by atoms with Crippen molar-refractivity contribution >= 4 is 11.9 Å². The Kier molecular flexibility index (Phi) is 9.65. The molecule has 23 heavy (non-hydrogen) atoms. The lowest BCUT2D eigenvalue weighted by molar-refractivity contribution is -0.147. The van der Waals surface area contributed by atoms with E-state index in [1.165, 1.54) is 5.56 Å². The van der Waals surface area contributed by atoms with E-state index in [0.717, 1.165) is 13.0 Å². The fourth-order valence-corrected chi connectivity index (χ4v) is 2.55. The number of phenols is 1. The largest absolute Gasteiger partial charge is 0.508 e. The second-order valence-electron chi connectivity index (χ2n) is 5.81. The van der Waals surface area contributed by atoms with Crippen LogP contribution in [0.15, 0.2) is 24.3 Å². The first kappa shape index (κ1) is 20.9. The highest BCUT2D eigenvalue weighted by Crippen LogP contribution is 2.30. The Labute approximate surface area is 137 Å². The summed E-state index contributed by atoms with van der Waals surface area (Å²) in [6, 6.07) is 7.66. The molecule has 0 aliphatic carbocycles. The zero-order valence-corrected chi connectivity index (χ0v) is 14.2. The van der Waals surface area contributed by atoms with E-state index in [1.54, 1.807) is 6.07 Å². The van der Waals surface area contributed by atoms with E-state index >= 15 is 0 Å². The van der Waals surface area contributed by atoms with Gasteiger partial charge in [0.1, 0.15) is 12.2 Å². The number of nitrogens with zero attached hydrogens (tertiary/aromatic N) is 1. The molecular weight excluding hydrogens is 298 g/mol. The van der Waals surface area contributed by atoms with Crippen molar-refractivity contribution in [3.63, 3.8) is 0 Å². The second-order valence-corrected chi connectivity index (χ2v) is 5.81. The quantitative estimate of drug-likeness (QED) is 0.667. The topological polar surface area (TPSA) is 98.1 Å². The maximum absolute atomic E-state index is 9.51. The highest BCUT2D eigenvalue weighted by atomic mass is 16.4. The average Bonchev–Trinajstić information content (AvgIpc) is 2.37.